The van der Waals surface area contributed by atoms with E-state index in [1.807, 2.05) is 6.07 Å². The summed E-state index contributed by atoms with van der Waals surface area (Å²) in [6.07, 6.45) is 0.0574. The number of halogens is 2. The van der Waals surface area contributed by atoms with E-state index in [9.17, 15) is 29.7 Å². The van der Waals surface area contributed by atoms with Gasteiger partial charge in [-0.1, -0.05) is 53.5 Å². The lowest BCUT2D eigenvalue weighted by Crippen LogP contribution is -2.34. The van der Waals surface area contributed by atoms with Crippen LogP contribution in [-0.4, -0.2) is 40.3 Å². The van der Waals surface area contributed by atoms with Gasteiger partial charge >= 0.3 is 17.9 Å². The second kappa shape index (κ2) is 11.4. The van der Waals surface area contributed by atoms with Crippen LogP contribution in [0.15, 0.2) is 65.0 Å². The maximum atomic E-state index is 12.5. The number of carboxylic acids is 2. The Balaban J connectivity index is 2.22. The van der Waals surface area contributed by atoms with Gasteiger partial charge < -0.3 is 25.4 Å². The van der Waals surface area contributed by atoms with E-state index in [0.29, 0.717) is 12.0 Å². The number of allylic oxidation sites excluding steroid dienone is 1. The van der Waals surface area contributed by atoms with Crippen molar-refractivity contribution in [1.29, 1.82) is 0 Å². The number of aliphatic hydroxyl groups excluding tert-OH is 1. The molecule has 0 saturated carbocycles. The number of dihydropyridines is 1. The summed E-state index contributed by atoms with van der Waals surface area (Å²) in [6, 6.07) is 11.7. The Hall–Kier alpha value is -3.33. The molecule has 0 aliphatic carbocycles. The molecule has 35 heavy (non-hydrogen) atoms. The van der Waals surface area contributed by atoms with Crippen LogP contribution in [-0.2, 0) is 32.1 Å². The summed E-state index contributed by atoms with van der Waals surface area (Å²) in [5, 5.41) is 33.0. The smallest absolute Gasteiger partial charge is 0.334 e. The number of carboxylic acid groups (broad SMARTS) is 2. The Kier molecular flexibility index (Phi) is 8.56. The van der Waals surface area contributed by atoms with Crippen LogP contribution in [0.1, 0.15) is 35.4 Å². The summed E-state index contributed by atoms with van der Waals surface area (Å²) in [7, 11) is 1.17. The zero-order chi connectivity index (χ0) is 25.7. The molecule has 8 nitrogen and oxygen atoms in total. The van der Waals surface area contributed by atoms with Gasteiger partial charge in [0.05, 0.1) is 37.2 Å². The Labute approximate surface area is 211 Å². The molecular formula is C25H23Cl2NO7. The predicted octanol–water partition coefficient (Wildman–Crippen LogP) is 4.05. The molecule has 2 aromatic rings. The molecule has 0 spiro atoms. The molecule has 0 bridgehead atoms. The molecule has 0 fully saturated rings. The molecular weight excluding hydrogens is 497 g/mol. The van der Waals surface area contributed by atoms with Gasteiger partial charge in [0.1, 0.15) is 0 Å². The molecule has 1 aliphatic rings. The molecule has 3 rings (SSSR count). The van der Waals surface area contributed by atoms with Crippen LogP contribution >= 0.6 is 23.2 Å². The maximum Gasteiger partial charge on any atom is 0.334 e. The van der Waals surface area contributed by atoms with Crippen LogP contribution in [0.4, 0.5) is 0 Å². The minimum absolute atomic E-state index is 0.0132. The first-order valence-corrected chi connectivity index (χ1v) is 11.3. The summed E-state index contributed by atoms with van der Waals surface area (Å²) in [4.78, 5) is 37.0. The number of esters is 1. The van der Waals surface area contributed by atoms with Crippen molar-refractivity contribution in [3.05, 3.63) is 91.7 Å². The topological polar surface area (TPSA) is 133 Å². The number of nitrogens with one attached hydrogen (secondary N) is 1. The standard InChI is InChI=1S/C25H23Cl2NO7/c1-35-19(30)11-18-22(25(33)34)23(20-15(26)7-4-8-16(20)27)21(24(31)32)17(28-18)10-9-13-5-2-3-6-14(13)12-29/h2-8,23,28-29H,9-12H2,1H3,(H,31,32)(H,33,34). The third-order valence-corrected chi connectivity index (χ3v) is 6.42. The number of carbonyl (C=O) groups is 3. The number of aryl methyl sites for hydroxylation is 1. The number of carbonyl (C=O) groups excluding carboxylic acids is 1. The Morgan fingerprint density at radius 1 is 0.886 bits per heavy atom. The lowest BCUT2D eigenvalue weighted by atomic mass is 9.78. The van der Waals surface area contributed by atoms with E-state index < -0.39 is 30.2 Å². The van der Waals surface area contributed by atoms with Crippen LogP contribution in [0.5, 0.6) is 0 Å². The molecule has 0 radical (unpaired) electrons. The molecule has 0 saturated heterocycles. The minimum atomic E-state index is -1.43. The van der Waals surface area contributed by atoms with Crippen LogP contribution in [0, 0.1) is 0 Å². The highest BCUT2D eigenvalue weighted by atomic mass is 35.5. The number of methoxy groups -OCH3 is 1. The number of hydrogen-bond donors (Lipinski definition) is 4. The molecule has 1 unspecified atom stereocenters. The molecule has 0 aromatic heterocycles. The quantitative estimate of drug-likeness (QED) is 0.364. The van der Waals surface area contributed by atoms with Gasteiger partial charge in [0.2, 0.25) is 0 Å². The van der Waals surface area contributed by atoms with E-state index in [1.54, 1.807) is 24.3 Å². The Morgan fingerprint density at radius 3 is 2.00 bits per heavy atom. The number of rotatable bonds is 9. The summed E-state index contributed by atoms with van der Waals surface area (Å²) in [5.41, 5.74) is 1.18. The number of hydrogen-bond acceptors (Lipinski definition) is 6. The summed E-state index contributed by atoms with van der Waals surface area (Å²) in [5.74, 6) is -4.85. The lowest BCUT2D eigenvalue weighted by Gasteiger charge is -2.32. The minimum Gasteiger partial charge on any atom is -0.478 e. The fourth-order valence-corrected chi connectivity index (χ4v) is 4.77. The molecule has 184 valence electrons. The molecule has 1 aliphatic heterocycles. The second-order valence-electron chi connectivity index (χ2n) is 7.77. The predicted molar refractivity (Wildman–Crippen MR) is 129 cm³/mol. The van der Waals surface area contributed by atoms with Crippen molar-refractivity contribution in [1.82, 2.24) is 5.32 Å². The number of benzene rings is 2. The average Bonchev–Trinajstić information content (AvgIpc) is 2.82. The Bertz CT molecular complexity index is 1220. The van der Waals surface area contributed by atoms with Crippen molar-refractivity contribution >= 4 is 41.1 Å². The SMILES string of the molecule is COC(=O)CC1=C(C(=O)O)C(c2c(Cl)cccc2Cl)C(C(=O)O)=C(CCc2ccccc2CO)N1. The van der Waals surface area contributed by atoms with E-state index in [4.69, 9.17) is 27.9 Å². The first kappa shape index (κ1) is 26.3. The van der Waals surface area contributed by atoms with Crippen molar-refractivity contribution in [3.63, 3.8) is 0 Å². The summed E-state index contributed by atoms with van der Waals surface area (Å²) < 4.78 is 4.72. The third-order valence-electron chi connectivity index (χ3n) is 5.76. The van der Waals surface area contributed by atoms with Gasteiger partial charge in [-0.2, -0.15) is 0 Å². The normalized spacial score (nSPS) is 15.6. The molecule has 0 amide bonds. The zero-order valence-electron chi connectivity index (χ0n) is 18.7. The molecule has 2 aromatic carbocycles. The van der Waals surface area contributed by atoms with Gasteiger partial charge in [0, 0.05) is 27.0 Å². The lowest BCUT2D eigenvalue weighted by molar-refractivity contribution is -0.139. The van der Waals surface area contributed by atoms with E-state index in [0.717, 1.165) is 5.56 Å². The largest absolute Gasteiger partial charge is 0.478 e. The highest BCUT2D eigenvalue weighted by Gasteiger charge is 2.40. The molecule has 1 atom stereocenters. The second-order valence-corrected chi connectivity index (χ2v) is 8.58. The Morgan fingerprint density at radius 2 is 1.46 bits per heavy atom. The number of aliphatic carboxylic acids is 2. The van der Waals surface area contributed by atoms with E-state index >= 15 is 0 Å². The fraction of sp³-hybridized carbons (Fsp3) is 0.240. The first-order valence-electron chi connectivity index (χ1n) is 10.6. The van der Waals surface area contributed by atoms with E-state index in [-0.39, 0.29) is 51.2 Å². The van der Waals surface area contributed by atoms with Crippen molar-refractivity contribution in [2.45, 2.75) is 31.8 Å². The van der Waals surface area contributed by atoms with Gasteiger partial charge in [-0.3, -0.25) is 4.79 Å². The van der Waals surface area contributed by atoms with E-state index in [1.165, 1.54) is 19.2 Å². The molecule has 1 heterocycles. The van der Waals surface area contributed by atoms with E-state index in [2.05, 4.69) is 5.32 Å². The van der Waals surface area contributed by atoms with Crippen molar-refractivity contribution in [2.75, 3.05) is 7.11 Å². The summed E-state index contributed by atoms with van der Waals surface area (Å²) in [6.45, 7) is -0.192. The third kappa shape index (κ3) is 5.67. The van der Waals surface area contributed by atoms with Crippen LogP contribution in [0.2, 0.25) is 10.0 Å². The maximum absolute atomic E-state index is 12.5. The summed E-state index contributed by atoms with van der Waals surface area (Å²) >= 11 is 12.8. The number of aliphatic hydroxyl groups is 1. The van der Waals surface area contributed by atoms with Gasteiger partial charge in [0.25, 0.3) is 0 Å². The van der Waals surface area contributed by atoms with Crippen molar-refractivity contribution in [2.24, 2.45) is 0 Å². The van der Waals surface area contributed by atoms with Crippen LogP contribution < -0.4 is 5.32 Å². The van der Waals surface area contributed by atoms with Crippen LogP contribution in [0.3, 0.4) is 0 Å². The van der Waals surface area contributed by atoms with Gasteiger partial charge in [0.15, 0.2) is 0 Å². The van der Waals surface area contributed by atoms with Gasteiger partial charge in [-0.15, -0.1) is 0 Å². The first-order chi connectivity index (χ1) is 16.7. The average molecular weight is 520 g/mol. The highest BCUT2D eigenvalue weighted by molar-refractivity contribution is 6.36. The fourth-order valence-electron chi connectivity index (χ4n) is 4.16. The number of ether oxygens (including phenoxy) is 1. The monoisotopic (exact) mass is 519 g/mol. The van der Waals surface area contributed by atoms with Gasteiger partial charge in [-0.05, 0) is 36.1 Å². The zero-order valence-corrected chi connectivity index (χ0v) is 20.2. The van der Waals surface area contributed by atoms with Gasteiger partial charge in [-0.25, -0.2) is 9.59 Å². The molecule has 10 heteroatoms. The highest BCUT2D eigenvalue weighted by Crippen LogP contribution is 2.45. The van der Waals surface area contributed by atoms with Crippen molar-refractivity contribution in [3.8, 4) is 0 Å². The molecule has 4 N–H and O–H groups in total. The van der Waals surface area contributed by atoms with Crippen molar-refractivity contribution < 1.29 is 34.4 Å². The van der Waals surface area contributed by atoms with Crippen LogP contribution in [0.25, 0.3) is 0 Å².